The van der Waals surface area contributed by atoms with Crippen molar-refractivity contribution in [1.29, 1.82) is 0 Å². The summed E-state index contributed by atoms with van der Waals surface area (Å²) in [4.78, 5) is 11.7. The number of nitrogens with zero attached hydrogens (tertiary/aromatic N) is 1. The molecule has 1 aromatic carbocycles. The maximum absolute atomic E-state index is 11.7. The lowest BCUT2D eigenvalue weighted by Crippen LogP contribution is -2.34. The topological polar surface area (TPSA) is 43.3 Å². The number of hydrogen-bond acceptors (Lipinski definition) is 2. The molecule has 1 N–H and O–H groups in total. The van der Waals surface area contributed by atoms with Gasteiger partial charge in [0.25, 0.3) is 0 Å². The first-order valence-corrected chi connectivity index (χ1v) is 8.01. The molecule has 22 heavy (non-hydrogen) atoms. The van der Waals surface area contributed by atoms with Crippen LogP contribution in [0.4, 0.5) is 4.79 Å². The second kappa shape index (κ2) is 5.67. The molecule has 2 aromatic rings. The number of carbonyl (C=O) groups is 1. The minimum absolute atomic E-state index is 0.347. The van der Waals surface area contributed by atoms with Crippen LogP contribution in [0.15, 0.2) is 24.3 Å². The zero-order chi connectivity index (χ0) is 15.7. The lowest BCUT2D eigenvalue weighted by atomic mass is 10.1. The van der Waals surface area contributed by atoms with Crippen molar-refractivity contribution in [2.24, 2.45) is 0 Å². The van der Waals surface area contributed by atoms with Crippen LogP contribution in [0.1, 0.15) is 38.4 Å². The van der Waals surface area contributed by atoms with Crippen LogP contribution in [0.2, 0.25) is 0 Å². The van der Waals surface area contributed by atoms with Crippen molar-refractivity contribution in [2.45, 2.75) is 52.2 Å². The van der Waals surface area contributed by atoms with Crippen LogP contribution in [-0.4, -0.2) is 22.8 Å². The van der Waals surface area contributed by atoms with Crippen molar-refractivity contribution in [3.63, 3.8) is 0 Å². The first-order chi connectivity index (χ1) is 10.5. The number of benzene rings is 1. The molecule has 0 bridgehead atoms. The van der Waals surface area contributed by atoms with Crippen LogP contribution in [-0.2, 0) is 24.1 Å². The summed E-state index contributed by atoms with van der Waals surface area (Å²) in [5, 5.41) is 4.22. The summed E-state index contributed by atoms with van der Waals surface area (Å²) in [6, 6.07) is 8.55. The van der Waals surface area contributed by atoms with Gasteiger partial charge in [-0.05, 0) is 51.7 Å². The molecule has 4 nitrogen and oxygen atoms in total. The minimum atomic E-state index is -0.453. The van der Waals surface area contributed by atoms with Crippen molar-refractivity contribution in [2.75, 3.05) is 6.54 Å². The number of hydrogen-bond donors (Lipinski definition) is 1. The van der Waals surface area contributed by atoms with E-state index < -0.39 is 5.60 Å². The van der Waals surface area contributed by atoms with Gasteiger partial charge in [0.15, 0.2) is 0 Å². The van der Waals surface area contributed by atoms with E-state index in [9.17, 15) is 4.79 Å². The standard InChI is InChI=1S/C18H24N2O2/c1-18(2,3)22-17(21)19-11-12-20-15-9-5-4-7-13(15)14-8-6-10-16(14)20/h4-5,7,9H,6,8,10-12H2,1-3H3,(H,19,21). The third kappa shape index (κ3) is 2.96. The summed E-state index contributed by atoms with van der Waals surface area (Å²) in [7, 11) is 0. The summed E-state index contributed by atoms with van der Waals surface area (Å²) in [6.45, 7) is 6.99. The minimum Gasteiger partial charge on any atom is -0.444 e. The Labute approximate surface area is 131 Å². The van der Waals surface area contributed by atoms with Gasteiger partial charge in [0.05, 0.1) is 0 Å². The largest absolute Gasteiger partial charge is 0.444 e. The number of para-hydroxylation sites is 1. The van der Waals surface area contributed by atoms with Crippen molar-refractivity contribution in [3.05, 3.63) is 35.5 Å². The van der Waals surface area contributed by atoms with Gasteiger partial charge in [0, 0.05) is 29.7 Å². The molecule has 1 amide bonds. The van der Waals surface area contributed by atoms with Crippen LogP contribution < -0.4 is 5.32 Å². The normalized spacial score (nSPS) is 14.1. The molecule has 1 aliphatic rings. The fourth-order valence-electron chi connectivity index (χ4n) is 3.26. The second-order valence-electron chi connectivity index (χ2n) is 6.88. The number of carbonyl (C=O) groups excluding carboxylic acids is 1. The molecular formula is C18H24N2O2. The van der Waals surface area contributed by atoms with Gasteiger partial charge in [-0.25, -0.2) is 4.79 Å². The maximum atomic E-state index is 11.7. The fraction of sp³-hybridized carbons (Fsp3) is 0.500. The molecule has 0 spiro atoms. The lowest BCUT2D eigenvalue weighted by molar-refractivity contribution is 0.0526. The summed E-state index contributed by atoms with van der Waals surface area (Å²) in [5.74, 6) is 0. The van der Waals surface area contributed by atoms with Gasteiger partial charge in [-0.15, -0.1) is 0 Å². The Morgan fingerprint density at radius 2 is 2.05 bits per heavy atom. The van der Waals surface area contributed by atoms with E-state index in [0.29, 0.717) is 6.54 Å². The molecule has 1 aromatic heterocycles. The molecule has 0 atom stereocenters. The van der Waals surface area contributed by atoms with E-state index in [4.69, 9.17) is 4.74 Å². The van der Waals surface area contributed by atoms with Gasteiger partial charge in [0.1, 0.15) is 5.60 Å². The highest BCUT2D eigenvalue weighted by Gasteiger charge is 2.21. The number of amides is 1. The Morgan fingerprint density at radius 3 is 2.82 bits per heavy atom. The Hall–Kier alpha value is -1.97. The highest BCUT2D eigenvalue weighted by atomic mass is 16.6. The smallest absolute Gasteiger partial charge is 0.407 e. The molecule has 0 radical (unpaired) electrons. The Bertz CT molecular complexity index is 695. The van der Waals surface area contributed by atoms with Gasteiger partial charge < -0.3 is 14.6 Å². The van der Waals surface area contributed by atoms with Crippen LogP contribution in [0.5, 0.6) is 0 Å². The monoisotopic (exact) mass is 300 g/mol. The number of ether oxygens (including phenoxy) is 1. The number of rotatable bonds is 3. The molecule has 0 unspecified atom stereocenters. The van der Waals surface area contributed by atoms with Gasteiger partial charge in [-0.1, -0.05) is 18.2 Å². The predicted octanol–water partition coefficient (Wildman–Crippen LogP) is 3.65. The van der Waals surface area contributed by atoms with Gasteiger partial charge in [-0.2, -0.15) is 0 Å². The predicted molar refractivity (Wildman–Crippen MR) is 88.2 cm³/mol. The number of alkyl carbamates (subject to hydrolysis) is 1. The van der Waals surface area contributed by atoms with Gasteiger partial charge >= 0.3 is 6.09 Å². The molecule has 118 valence electrons. The Balaban J connectivity index is 1.71. The maximum Gasteiger partial charge on any atom is 0.407 e. The van der Waals surface area contributed by atoms with E-state index in [1.165, 1.54) is 35.0 Å². The summed E-state index contributed by atoms with van der Waals surface area (Å²) in [5.41, 5.74) is 3.75. The third-order valence-corrected chi connectivity index (χ3v) is 4.04. The van der Waals surface area contributed by atoms with E-state index >= 15 is 0 Å². The highest BCUT2D eigenvalue weighted by Crippen LogP contribution is 2.32. The molecule has 0 aliphatic heterocycles. The second-order valence-corrected chi connectivity index (χ2v) is 6.88. The Morgan fingerprint density at radius 1 is 1.27 bits per heavy atom. The van der Waals surface area contributed by atoms with E-state index in [-0.39, 0.29) is 6.09 Å². The van der Waals surface area contributed by atoms with Gasteiger partial charge in [-0.3, -0.25) is 0 Å². The summed E-state index contributed by atoms with van der Waals surface area (Å²) in [6.07, 6.45) is 3.19. The van der Waals surface area contributed by atoms with Crippen molar-refractivity contribution in [3.8, 4) is 0 Å². The first kappa shape index (κ1) is 14.9. The van der Waals surface area contributed by atoms with E-state index in [1.807, 2.05) is 20.8 Å². The van der Waals surface area contributed by atoms with Crippen LogP contribution in [0.3, 0.4) is 0 Å². The van der Waals surface area contributed by atoms with Crippen LogP contribution in [0, 0.1) is 0 Å². The fourth-order valence-corrected chi connectivity index (χ4v) is 3.26. The summed E-state index contributed by atoms with van der Waals surface area (Å²) < 4.78 is 7.63. The SMILES string of the molecule is CC(C)(C)OC(=O)NCCn1c2c(c3ccccc31)CCC2. The zero-order valence-corrected chi connectivity index (χ0v) is 13.6. The van der Waals surface area contributed by atoms with Crippen LogP contribution in [0.25, 0.3) is 10.9 Å². The molecular weight excluding hydrogens is 276 g/mol. The zero-order valence-electron chi connectivity index (χ0n) is 13.6. The first-order valence-electron chi connectivity index (χ1n) is 8.01. The molecule has 1 heterocycles. The average Bonchev–Trinajstić information content (AvgIpc) is 2.99. The van der Waals surface area contributed by atoms with Crippen molar-refractivity contribution in [1.82, 2.24) is 9.88 Å². The molecule has 1 aliphatic carbocycles. The summed E-state index contributed by atoms with van der Waals surface area (Å²) >= 11 is 0. The number of aromatic nitrogens is 1. The third-order valence-electron chi connectivity index (χ3n) is 4.04. The van der Waals surface area contributed by atoms with E-state index in [2.05, 4.69) is 34.1 Å². The van der Waals surface area contributed by atoms with E-state index in [0.717, 1.165) is 13.0 Å². The molecule has 3 rings (SSSR count). The number of fused-ring (bicyclic) bond motifs is 3. The lowest BCUT2D eigenvalue weighted by Gasteiger charge is -2.20. The molecule has 0 saturated heterocycles. The Kier molecular flexibility index (Phi) is 3.85. The van der Waals surface area contributed by atoms with Crippen molar-refractivity contribution >= 4 is 17.0 Å². The quantitative estimate of drug-likeness (QED) is 0.940. The molecule has 0 saturated carbocycles. The van der Waals surface area contributed by atoms with Gasteiger partial charge in [0.2, 0.25) is 0 Å². The van der Waals surface area contributed by atoms with Crippen LogP contribution >= 0.6 is 0 Å². The van der Waals surface area contributed by atoms with E-state index in [1.54, 1.807) is 0 Å². The number of aryl methyl sites for hydroxylation is 1. The average molecular weight is 300 g/mol. The number of nitrogens with one attached hydrogen (secondary N) is 1. The molecule has 4 heteroatoms. The van der Waals surface area contributed by atoms with Crippen molar-refractivity contribution < 1.29 is 9.53 Å². The highest BCUT2D eigenvalue weighted by molar-refractivity contribution is 5.86. The molecule has 0 fully saturated rings.